The summed E-state index contributed by atoms with van der Waals surface area (Å²) >= 11 is 5.75. The molecule has 0 saturated heterocycles. The Morgan fingerprint density at radius 3 is 3.08 bits per heavy atom. The van der Waals surface area contributed by atoms with Crippen LogP contribution in [0, 0.1) is 0 Å². The zero-order chi connectivity index (χ0) is 17.7. The lowest BCUT2D eigenvalue weighted by Crippen LogP contribution is -2.48. The third kappa shape index (κ3) is 3.30. The van der Waals surface area contributed by atoms with Gasteiger partial charge in [0.2, 0.25) is 0 Å². The van der Waals surface area contributed by atoms with Crippen LogP contribution < -0.4 is 10.8 Å². The number of benzene rings is 1. The largest absolute Gasteiger partial charge is 0.382 e. The number of para-hydroxylation sites is 1. The van der Waals surface area contributed by atoms with Crippen LogP contribution in [0.15, 0.2) is 61.0 Å². The van der Waals surface area contributed by atoms with Crippen LogP contribution in [-0.4, -0.2) is 23.6 Å². The molecule has 25 heavy (non-hydrogen) atoms. The number of rotatable bonds is 6. The fourth-order valence-electron chi connectivity index (χ4n) is 3.41. The number of aromatic nitrogens is 1. The molecule has 0 fully saturated rings. The molecule has 0 amide bonds. The van der Waals surface area contributed by atoms with E-state index in [2.05, 4.69) is 40.6 Å². The minimum Gasteiger partial charge on any atom is -0.382 e. The van der Waals surface area contributed by atoms with Crippen LogP contribution in [0.1, 0.15) is 24.8 Å². The molecular weight excluding hydrogens is 330 g/mol. The molecule has 2 N–H and O–H groups in total. The molecule has 1 unspecified atom stereocenters. The van der Waals surface area contributed by atoms with Crippen molar-refractivity contribution >= 4 is 28.1 Å². The van der Waals surface area contributed by atoms with E-state index >= 15 is 0 Å². The molecule has 5 heteroatoms. The molecule has 1 aromatic heterocycles. The lowest BCUT2D eigenvalue weighted by molar-refractivity contribution is 0.0763. The number of nitrogens with zero attached hydrogens (tertiary/aromatic N) is 1. The highest BCUT2D eigenvalue weighted by atomic mass is 32.1. The van der Waals surface area contributed by atoms with Gasteiger partial charge in [0.25, 0.3) is 0 Å². The molecule has 0 saturated carbocycles. The first kappa shape index (κ1) is 17.6. The maximum atomic E-state index is 5.75. The lowest BCUT2D eigenvalue weighted by Gasteiger charge is -2.39. The number of thiocarbonyl (C=S) groups is 1. The van der Waals surface area contributed by atoms with Crippen LogP contribution in [0.25, 0.3) is 10.9 Å². The summed E-state index contributed by atoms with van der Waals surface area (Å²) in [6.07, 6.45) is 8.77. The van der Waals surface area contributed by atoms with Gasteiger partial charge in [-0.25, -0.2) is 0 Å². The molecule has 1 atom stereocenters. The molecule has 0 aliphatic heterocycles. The first-order valence-corrected chi connectivity index (χ1v) is 8.90. The molecule has 0 bridgehead atoms. The molecular formula is C20H23N3OS. The molecule has 3 rings (SSSR count). The number of likely N-dealkylation sites (N-methyl/N-ethyl adjacent to an activating group) is 1. The van der Waals surface area contributed by atoms with E-state index in [1.807, 2.05) is 31.4 Å². The monoisotopic (exact) mass is 353 g/mol. The van der Waals surface area contributed by atoms with Crippen LogP contribution in [0.3, 0.4) is 0 Å². The number of nitrogens with one attached hydrogen (secondary N) is 2. The molecule has 0 radical (unpaired) electrons. The van der Waals surface area contributed by atoms with Crippen LogP contribution in [0.4, 0.5) is 0 Å². The van der Waals surface area contributed by atoms with Gasteiger partial charge < -0.3 is 5.32 Å². The Bertz CT molecular complexity index is 817. The highest BCUT2D eigenvalue weighted by Gasteiger charge is 2.42. The van der Waals surface area contributed by atoms with Gasteiger partial charge in [-0.3, -0.25) is 15.3 Å². The summed E-state index contributed by atoms with van der Waals surface area (Å²) in [5.74, 6) is 0. The number of fused-ring (bicyclic) bond motifs is 1. The van der Waals surface area contributed by atoms with Gasteiger partial charge in [0.1, 0.15) is 0 Å². The number of pyridine rings is 1. The van der Waals surface area contributed by atoms with E-state index in [1.54, 1.807) is 6.08 Å². The fourth-order valence-corrected chi connectivity index (χ4v) is 3.74. The quantitative estimate of drug-likeness (QED) is 0.358. The summed E-state index contributed by atoms with van der Waals surface area (Å²) in [6, 6.07) is 10.3. The topological polar surface area (TPSA) is 46.2 Å². The maximum Gasteiger partial charge on any atom is 0.0924 e. The first-order chi connectivity index (χ1) is 12.2. The van der Waals surface area contributed by atoms with Gasteiger partial charge in [0.15, 0.2) is 0 Å². The van der Waals surface area contributed by atoms with Crippen molar-refractivity contribution in [1.82, 2.24) is 15.8 Å². The van der Waals surface area contributed by atoms with E-state index in [-0.39, 0.29) is 0 Å². The molecule has 1 heterocycles. The van der Waals surface area contributed by atoms with E-state index in [0.717, 1.165) is 46.4 Å². The van der Waals surface area contributed by atoms with Crippen molar-refractivity contribution in [3.63, 3.8) is 0 Å². The van der Waals surface area contributed by atoms with Crippen molar-refractivity contribution < 1.29 is 4.84 Å². The van der Waals surface area contributed by atoms with Gasteiger partial charge in [-0.15, -0.1) is 6.58 Å². The summed E-state index contributed by atoms with van der Waals surface area (Å²) in [4.78, 5) is 11.0. The lowest BCUT2D eigenvalue weighted by atomic mass is 9.71. The molecule has 1 aliphatic rings. The zero-order valence-electron chi connectivity index (χ0n) is 14.4. The number of hydrogen-bond donors (Lipinski definition) is 2. The van der Waals surface area contributed by atoms with Crippen LogP contribution in [0.5, 0.6) is 0 Å². The fraction of sp³-hybridized carbons (Fsp3) is 0.300. The second-order valence-electron chi connectivity index (χ2n) is 6.11. The zero-order valence-corrected chi connectivity index (χ0v) is 15.2. The molecule has 1 aromatic carbocycles. The summed E-state index contributed by atoms with van der Waals surface area (Å²) in [5, 5.41) is 4.30. The predicted molar refractivity (Wildman–Crippen MR) is 106 cm³/mol. The summed E-state index contributed by atoms with van der Waals surface area (Å²) < 4.78 is 0. The van der Waals surface area contributed by atoms with Crippen molar-refractivity contribution in [2.24, 2.45) is 0 Å². The SMILES string of the molecule is C=CCONC1=CCCCC1(C(=S)NC)c1cnc2ccccc2c1. The van der Waals surface area contributed by atoms with E-state index in [1.165, 1.54) is 0 Å². The van der Waals surface area contributed by atoms with Crippen LogP contribution in [0.2, 0.25) is 0 Å². The maximum absolute atomic E-state index is 5.75. The van der Waals surface area contributed by atoms with Crippen LogP contribution in [-0.2, 0) is 10.3 Å². The third-order valence-corrected chi connectivity index (χ3v) is 5.20. The molecule has 0 spiro atoms. The Hall–Kier alpha value is -2.24. The average Bonchev–Trinajstić information content (AvgIpc) is 2.67. The summed E-state index contributed by atoms with van der Waals surface area (Å²) in [5.41, 5.74) is 5.68. The standard InChI is InChI=1S/C20H23N3OS/c1-3-12-24-23-18-10-6-7-11-20(18,19(25)21-2)16-13-15-8-4-5-9-17(15)22-14-16/h3-5,8-10,13-14,23H,1,6-7,11-12H2,2H3,(H,21,25). The van der Waals surface area contributed by atoms with Crippen molar-refractivity contribution in [3.05, 3.63) is 66.5 Å². The van der Waals surface area contributed by atoms with Gasteiger partial charge in [-0.05, 0) is 37.0 Å². The van der Waals surface area contributed by atoms with Crippen molar-refractivity contribution in [2.45, 2.75) is 24.7 Å². The van der Waals surface area contributed by atoms with Crippen molar-refractivity contribution in [2.75, 3.05) is 13.7 Å². The molecule has 4 nitrogen and oxygen atoms in total. The predicted octanol–water partition coefficient (Wildman–Crippen LogP) is 3.79. The normalized spacial score (nSPS) is 20.0. The average molecular weight is 353 g/mol. The van der Waals surface area contributed by atoms with Crippen molar-refractivity contribution in [1.29, 1.82) is 0 Å². The minimum atomic E-state index is -0.458. The number of hydrogen-bond acceptors (Lipinski definition) is 4. The Kier molecular flexibility index (Phi) is 5.46. The second kappa shape index (κ2) is 7.76. The minimum absolute atomic E-state index is 0.426. The molecule has 1 aliphatic carbocycles. The van der Waals surface area contributed by atoms with Gasteiger partial charge in [0.05, 0.1) is 28.2 Å². The Labute approximate surface area is 153 Å². The summed E-state index contributed by atoms with van der Waals surface area (Å²) in [7, 11) is 1.87. The van der Waals surface area contributed by atoms with Gasteiger partial charge in [-0.1, -0.05) is 42.6 Å². The number of hydroxylamine groups is 1. The first-order valence-electron chi connectivity index (χ1n) is 8.49. The Balaban J connectivity index is 2.10. The smallest absolute Gasteiger partial charge is 0.0924 e. The third-order valence-electron chi connectivity index (χ3n) is 4.65. The molecule has 2 aromatic rings. The van der Waals surface area contributed by atoms with E-state index in [9.17, 15) is 0 Å². The highest BCUT2D eigenvalue weighted by molar-refractivity contribution is 7.80. The van der Waals surface area contributed by atoms with Gasteiger partial charge in [0, 0.05) is 18.6 Å². The van der Waals surface area contributed by atoms with E-state index in [0.29, 0.717) is 6.61 Å². The van der Waals surface area contributed by atoms with Gasteiger partial charge >= 0.3 is 0 Å². The molecule has 130 valence electrons. The van der Waals surface area contributed by atoms with Crippen LogP contribution >= 0.6 is 12.2 Å². The Morgan fingerprint density at radius 2 is 2.28 bits per heavy atom. The highest BCUT2D eigenvalue weighted by Crippen LogP contribution is 2.41. The Morgan fingerprint density at radius 1 is 1.44 bits per heavy atom. The summed E-state index contributed by atoms with van der Waals surface area (Å²) in [6.45, 7) is 4.12. The van der Waals surface area contributed by atoms with E-state index < -0.39 is 5.41 Å². The van der Waals surface area contributed by atoms with Gasteiger partial charge in [-0.2, -0.15) is 0 Å². The van der Waals surface area contributed by atoms with Crippen molar-refractivity contribution in [3.8, 4) is 0 Å². The van der Waals surface area contributed by atoms with E-state index in [4.69, 9.17) is 17.1 Å². The number of allylic oxidation sites excluding steroid dienone is 1. The second-order valence-corrected chi connectivity index (χ2v) is 6.52.